The molecule has 4 N–H and O–H groups in total. The van der Waals surface area contributed by atoms with Gasteiger partial charge in [-0.15, -0.1) is 0 Å². The number of hydrogen-bond acceptors (Lipinski definition) is 3. The van der Waals surface area contributed by atoms with E-state index in [0.717, 1.165) is 25.1 Å². The van der Waals surface area contributed by atoms with Crippen molar-refractivity contribution in [1.82, 2.24) is 10.6 Å². The molecule has 1 aromatic rings. The number of nitrogens with one attached hydrogen (secondary N) is 2. The van der Waals surface area contributed by atoms with Gasteiger partial charge >= 0.3 is 0 Å². The van der Waals surface area contributed by atoms with Crippen LogP contribution in [0.15, 0.2) is 29.3 Å². The Bertz CT molecular complexity index is 534. The predicted octanol–water partition coefficient (Wildman–Crippen LogP) is 1.45. The van der Waals surface area contributed by atoms with E-state index in [4.69, 9.17) is 10.5 Å². The lowest BCUT2D eigenvalue weighted by atomic mass is 9.99. The lowest BCUT2D eigenvalue weighted by molar-refractivity contribution is -0.121. The highest BCUT2D eigenvalue weighted by Gasteiger charge is 2.16. The lowest BCUT2D eigenvalue weighted by Crippen LogP contribution is -2.39. The second-order valence-corrected chi connectivity index (χ2v) is 5.63. The Hall–Kier alpha value is -2.15. The molecule has 0 heterocycles. The molecule has 0 aliphatic carbocycles. The third-order valence-electron chi connectivity index (χ3n) is 3.57. The van der Waals surface area contributed by atoms with Gasteiger partial charge < -0.3 is 21.1 Å². The molecule has 0 spiro atoms. The summed E-state index contributed by atoms with van der Waals surface area (Å²) in [6.07, 6.45) is 1.30. The molecule has 6 nitrogen and oxygen atoms in total. The van der Waals surface area contributed by atoms with Gasteiger partial charge in [-0.1, -0.05) is 12.1 Å². The van der Waals surface area contributed by atoms with Gasteiger partial charge in [0.1, 0.15) is 5.82 Å². The van der Waals surface area contributed by atoms with Gasteiger partial charge in [-0.25, -0.2) is 4.39 Å². The fourth-order valence-corrected chi connectivity index (χ4v) is 2.23. The first-order chi connectivity index (χ1) is 12.1. The summed E-state index contributed by atoms with van der Waals surface area (Å²) in [6, 6.07) is 6.07. The van der Waals surface area contributed by atoms with E-state index in [1.807, 2.05) is 13.8 Å². The molecule has 1 atom stereocenters. The molecular weight excluding hydrogens is 323 g/mol. The number of amides is 1. The highest BCUT2D eigenvalue weighted by atomic mass is 19.1. The SMILES string of the molecule is CCNC(=NCC(Cc1ccc(F)cc1)C(N)=O)NCCCOCC. The van der Waals surface area contributed by atoms with E-state index in [-0.39, 0.29) is 12.4 Å². The molecule has 0 radical (unpaired) electrons. The second-order valence-electron chi connectivity index (χ2n) is 5.63. The summed E-state index contributed by atoms with van der Waals surface area (Å²) < 4.78 is 18.3. The van der Waals surface area contributed by atoms with Crippen LogP contribution >= 0.6 is 0 Å². The Morgan fingerprint density at radius 1 is 1.28 bits per heavy atom. The van der Waals surface area contributed by atoms with Crippen LogP contribution in [-0.2, 0) is 16.0 Å². The van der Waals surface area contributed by atoms with E-state index in [1.165, 1.54) is 12.1 Å². The third-order valence-corrected chi connectivity index (χ3v) is 3.57. The minimum atomic E-state index is -0.440. The number of nitrogens with two attached hydrogens (primary N) is 1. The molecule has 0 aromatic heterocycles. The van der Waals surface area contributed by atoms with Crippen LogP contribution in [0.1, 0.15) is 25.8 Å². The van der Waals surface area contributed by atoms with Crippen LogP contribution in [0.4, 0.5) is 4.39 Å². The average Bonchev–Trinajstić information content (AvgIpc) is 2.59. The predicted molar refractivity (Wildman–Crippen MR) is 97.9 cm³/mol. The monoisotopic (exact) mass is 352 g/mol. The minimum Gasteiger partial charge on any atom is -0.382 e. The number of nitrogens with zero attached hydrogens (tertiary/aromatic N) is 1. The zero-order chi connectivity index (χ0) is 18.5. The van der Waals surface area contributed by atoms with Crippen molar-refractivity contribution in [2.45, 2.75) is 26.7 Å². The molecule has 1 unspecified atom stereocenters. The topological polar surface area (TPSA) is 88.7 Å². The Balaban J connectivity index is 2.58. The summed E-state index contributed by atoms with van der Waals surface area (Å²) in [5, 5.41) is 6.34. The van der Waals surface area contributed by atoms with Crippen molar-refractivity contribution < 1.29 is 13.9 Å². The molecule has 7 heteroatoms. The van der Waals surface area contributed by atoms with Crippen molar-refractivity contribution in [2.24, 2.45) is 16.6 Å². The van der Waals surface area contributed by atoms with E-state index in [1.54, 1.807) is 12.1 Å². The molecule has 25 heavy (non-hydrogen) atoms. The molecule has 0 fully saturated rings. The number of hydrogen-bond donors (Lipinski definition) is 3. The van der Waals surface area contributed by atoms with Gasteiger partial charge in [0.25, 0.3) is 0 Å². The first-order valence-corrected chi connectivity index (χ1v) is 8.70. The molecular formula is C18H29FN4O2. The van der Waals surface area contributed by atoms with E-state index < -0.39 is 11.8 Å². The van der Waals surface area contributed by atoms with Crippen LogP contribution in [0.5, 0.6) is 0 Å². The molecule has 0 bridgehead atoms. The number of carbonyl (C=O) groups is 1. The third kappa shape index (κ3) is 9.05. The van der Waals surface area contributed by atoms with Crippen molar-refractivity contribution in [2.75, 3.05) is 32.8 Å². The maximum absolute atomic E-state index is 13.0. The molecule has 1 amide bonds. The number of carbonyl (C=O) groups excluding carboxylic acids is 1. The second kappa shape index (κ2) is 12.2. The maximum Gasteiger partial charge on any atom is 0.222 e. The summed E-state index contributed by atoms with van der Waals surface area (Å²) in [5.41, 5.74) is 6.35. The van der Waals surface area contributed by atoms with Crippen molar-refractivity contribution in [3.05, 3.63) is 35.6 Å². The molecule has 0 aliphatic heterocycles. The summed E-state index contributed by atoms with van der Waals surface area (Å²) >= 11 is 0. The van der Waals surface area contributed by atoms with Gasteiger partial charge in [0.15, 0.2) is 5.96 Å². The Morgan fingerprint density at radius 3 is 2.60 bits per heavy atom. The van der Waals surface area contributed by atoms with Crippen LogP contribution in [0.2, 0.25) is 0 Å². The molecule has 0 saturated carbocycles. The fourth-order valence-electron chi connectivity index (χ4n) is 2.23. The number of benzene rings is 1. The minimum absolute atomic E-state index is 0.271. The van der Waals surface area contributed by atoms with Crippen molar-refractivity contribution in [3.63, 3.8) is 0 Å². The number of ether oxygens (including phenoxy) is 1. The highest BCUT2D eigenvalue weighted by molar-refractivity contribution is 5.81. The molecule has 140 valence electrons. The van der Waals surface area contributed by atoms with Crippen molar-refractivity contribution in [1.29, 1.82) is 0 Å². The standard InChI is InChI=1S/C18H29FN4O2/c1-3-21-18(22-10-5-11-25-4-2)23-13-15(17(20)24)12-14-6-8-16(19)9-7-14/h6-9,15H,3-5,10-13H2,1-2H3,(H2,20,24)(H2,21,22,23). The summed E-state index contributed by atoms with van der Waals surface area (Å²) in [4.78, 5) is 16.1. The summed E-state index contributed by atoms with van der Waals surface area (Å²) in [7, 11) is 0. The van der Waals surface area contributed by atoms with Gasteiger partial charge in [0, 0.05) is 26.3 Å². The first kappa shape index (κ1) is 20.9. The van der Waals surface area contributed by atoms with Gasteiger partial charge in [-0.05, 0) is 44.4 Å². The number of halogens is 1. The van der Waals surface area contributed by atoms with Gasteiger partial charge in [-0.3, -0.25) is 9.79 Å². The summed E-state index contributed by atoms with van der Waals surface area (Å²) in [6.45, 7) is 7.05. The highest BCUT2D eigenvalue weighted by Crippen LogP contribution is 2.10. The zero-order valence-corrected chi connectivity index (χ0v) is 15.1. The number of aliphatic imine (C=N–C) groups is 1. The quantitative estimate of drug-likeness (QED) is 0.319. The van der Waals surface area contributed by atoms with Gasteiger partial charge in [-0.2, -0.15) is 0 Å². The number of guanidine groups is 1. The van der Waals surface area contributed by atoms with E-state index in [9.17, 15) is 9.18 Å². The molecule has 0 saturated heterocycles. The first-order valence-electron chi connectivity index (χ1n) is 8.70. The largest absolute Gasteiger partial charge is 0.382 e. The van der Waals surface area contributed by atoms with E-state index >= 15 is 0 Å². The van der Waals surface area contributed by atoms with Gasteiger partial charge in [0.2, 0.25) is 5.91 Å². The van der Waals surface area contributed by atoms with Crippen molar-refractivity contribution >= 4 is 11.9 Å². The van der Waals surface area contributed by atoms with Crippen LogP contribution < -0.4 is 16.4 Å². The molecule has 1 rings (SSSR count). The van der Waals surface area contributed by atoms with Crippen LogP contribution in [0.3, 0.4) is 0 Å². The number of rotatable bonds is 11. The molecule has 0 aliphatic rings. The van der Waals surface area contributed by atoms with Crippen LogP contribution in [-0.4, -0.2) is 44.7 Å². The lowest BCUT2D eigenvalue weighted by Gasteiger charge is -2.14. The van der Waals surface area contributed by atoms with Crippen LogP contribution in [0.25, 0.3) is 0 Å². The normalized spacial score (nSPS) is 12.7. The van der Waals surface area contributed by atoms with E-state index in [2.05, 4.69) is 15.6 Å². The zero-order valence-electron chi connectivity index (χ0n) is 15.1. The Morgan fingerprint density at radius 2 is 2.00 bits per heavy atom. The van der Waals surface area contributed by atoms with Gasteiger partial charge in [0.05, 0.1) is 12.5 Å². The number of primary amides is 1. The average molecular weight is 352 g/mol. The smallest absolute Gasteiger partial charge is 0.222 e. The fraction of sp³-hybridized carbons (Fsp3) is 0.556. The van der Waals surface area contributed by atoms with E-state index in [0.29, 0.717) is 25.6 Å². The molecule has 1 aromatic carbocycles. The maximum atomic E-state index is 13.0. The Labute approximate surface area is 149 Å². The summed E-state index contributed by atoms with van der Waals surface area (Å²) in [5.74, 6) is -0.517. The van der Waals surface area contributed by atoms with Crippen LogP contribution in [0, 0.1) is 11.7 Å². The van der Waals surface area contributed by atoms with Crippen molar-refractivity contribution in [3.8, 4) is 0 Å². The Kier molecular flexibility index (Phi) is 10.2.